The highest BCUT2D eigenvalue weighted by molar-refractivity contribution is 5.01. The predicted molar refractivity (Wildman–Crippen MR) is 108 cm³/mol. The standard InChI is InChI=1S/C18H36N4O11/c19-2-6-10(25)12(27)13(28)18(30-6)33-16-5(21)1-4(20)15(14(16)29)32-17-11(26)8(22)9(24)7(3-23)31-17/h4-18,23-29H,1-3,19-22H2/t4-,5?,6?,7+,8+,9?,10+,11-,12+,13?,14-,15?,16+,17?,18+/m1/s1. The molecule has 0 bridgehead atoms. The van der Waals surface area contributed by atoms with Gasteiger partial charge < -0.3 is 77.6 Å². The third-order valence-corrected chi connectivity index (χ3v) is 6.48. The highest BCUT2D eigenvalue weighted by atomic mass is 16.7. The maximum atomic E-state index is 10.9. The van der Waals surface area contributed by atoms with E-state index in [0.29, 0.717) is 0 Å². The van der Waals surface area contributed by atoms with Crippen LogP contribution in [0.4, 0.5) is 0 Å². The molecule has 6 unspecified atom stereocenters. The third-order valence-electron chi connectivity index (χ3n) is 6.48. The van der Waals surface area contributed by atoms with E-state index in [1.165, 1.54) is 0 Å². The van der Waals surface area contributed by atoms with E-state index in [1.807, 2.05) is 0 Å². The molecule has 0 radical (unpaired) electrons. The first kappa shape index (κ1) is 27.0. The van der Waals surface area contributed by atoms with E-state index in [4.69, 9.17) is 41.9 Å². The van der Waals surface area contributed by atoms with Crippen LogP contribution in [0, 0.1) is 0 Å². The number of rotatable bonds is 6. The second kappa shape index (κ2) is 11.0. The van der Waals surface area contributed by atoms with E-state index in [9.17, 15) is 35.7 Å². The lowest BCUT2D eigenvalue weighted by Crippen LogP contribution is -2.68. The van der Waals surface area contributed by atoms with E-state index in [1.54, 1.807) is 0 Å². The van der Waals surface area contributed by atoms with Crippen molar-refractivity contribution in [3.63, 3.8) is 0 Å². The van der Waals surface area contributed by atoms with Crippen LogP contribution < -0.4 is 22.9 Å². The van der Waals surface area contributed by atoms with Crippen LogP contribution in [0.25, 0.3) is 0 Å². The minimum Gasteiger partial charge on any atom is -0.394 e. The Labute approximate surface area is 189 Å². The average Bonchev–Trinajstić information content (AvgIpc) is 2.79. The van der Waals surface area contributed by atoms with Crippen LogP contribution >= 0.6 is 0 Å². The highest BCUT2D eigenvalue weighted by Gasteiger charge is 2.51. The summed E-state index contributed by atoms with van der Waals surface area (Å²) >= 11 is 0. The van der Waals surface area contributed by atoms with Gasteiger partial charge in [-0.05, 0) is 6.42 Å². The summed E-state index contributed by atoms with van der Waals surface area (Å²) in [6.07, 6.45) is -16.5. The summed E-state index contributed by atoms with van der Waals surface area (Å²) in [7, 11) is 0. The molecule has 15 atom stereocenters. The molecule has 15 nitrogen and oxygen atoms in total. The van der Waals surface area contributed by atoms with Gasteiger partial charge in [0.1, 0.15) is 61.0 Å². The molecule has 0 amide bonds. The molecule has 0 aromatic heterocycles. The minimum atomic E-state index is -1.66. The van der Waals surface area contributed by atoms with Gasteiger partial charge in [0.15, 0.2) is 12.6 Å². The fourth-order valence-corrected chi connectivity index (χ4v) is 4.40. The van der Waals surface area contributed by atoms with Crippen LogP contribution in [0.3, 0.4) is 0 Å². The molecule has 1 saturated carbocycles. The van der Waals surface area contributed by atoms with Crippen LogP contribution in [-0.4, -0.2) is 141 Å². The molecule has 15 N–H and O–H groups in total. The van der Waals surface area contributed by atoms with Crippen LogP contribution in [0.15, 0.2) is 0 Å². The van der Waals surface area contributed by atoms with Crippen LogP contribution in [0.1, 0.15) is 6.42 Å². The number of aliphatic hydroxyl groups excluding tert-OH is 7. The lowest BCUT2D eigenvalue weighted by Gasteiger charge is -2.48. The Bertz CT molecular complexity index is 584. The second-order valence-electron chi connectivity index (χ2n) is 8.79. The number of nitrogens with two attached hydrogens (primary N) is 4. The number of aliphatic hydroxyl groups is 7. The molecule has 2 saturated heterocycles. The van der Waals surface area contributed by atoms with Gasteiger partial charge in [0, 0.05) is 18.6 Å². The Balaban J connectivity index is 1.72. The number of hydrogen-bond acceptors (Lipinski definition) is 15. The molecule has 15 heteroatoms. The van der Waals surface area contributed by atoms with Gasteiger partial charge in [0.05, 0.1) is 12.6 Å². The van der Waals surface area contributed by atoms with Gasteiger partial charge >= 0.3 is 0 Å². The molecule has 3 rings (SSSR count). The molecular formula is C18H36N4O11. The summed E-state index contributed by atoms with van der Waals surface area (Å²) in [6.45, 7) is -0.763. The lowest BCUT2D eigenvalue weighted by atomic mass is 9.84. The lowest BCUT2D eigenvalue weighted by molar-refractivity contribution is -0.332. The molecule has 2 heterocycles. The van der Waals surface area contributed by atoms with Crippen molar-refractivity contribution in [2.75, 3.05) is 13.2 Å². The van der Waals surface area contributed by atoms with Crippen molar-refractivity contribution in [2.45, 2.75) is 98.2 Å². The summed E-state index contributed by atoms with van der Waals surface area (Å²) in [5.74, 6) is 0. The summed E-state index contributed by atoms with van der Waals surface area (Å²) in [5, 5.41) is 70.9. The Morgan fingerprint density at radius 1 is 0.667 bits per heavy atom. The first-order valence-electron chi connectivity index (χ1n) is 10.8. The minimum absolute atomic E-state index is 0.0849. The Morgan fingerprint density at radius 2 is 1.18 bits per heavy atom. The van der Waals surface area contributed by atoms with Crippen molar-refractivity contribution in [1.82, 2.24) is 0 Å². The molecule has 0 aromatic carbocycles. The molecule has 194 valence electrons. The molecule has 2 aliphatic heterocycles. The normalized spacial score (nSPS) is 53.7. The van der Waals surface area contributed by atoms with Crippen LogP contribution in [0.2, 0.25) is 0 Å². The SMILES string of the molecule is NCC1O[C@@H](O[C@H]2C(N)C[C@@H](N)C(OC3O[C@@H](CO)C(O)[C@H](N)[C@H]3O)[C@H]2O)C(O)[C@@H](O)[C@H]1O. The van der Waals surface area contributed by atoms with Gasteiger partial charge in [-0.15, -0.1) is 0 Å². The molecule has 33 heavy (non-hydrogen) atoms. The number of hydrogen-bond donors (Lipinski definition) is 11. The molecule has 0 spiro atoms. The topological polar surface area (TPSA) is 283 Å². The quantitative estimate of drug-likeness (QED) is 0.167. The summed E-state index contributed by atoms with van der Waals surface area (Å²) in [6, 6.07) is -2.86. The summed E-state index contributed by atoms with van der Waals surface area (Å²) in [5.41, 5.74) is 23.5. The monoisotopic (exact) mass is 484 g/mol. The first-order chi connectivity index (χ1) is 15.5. The van der Waals surface area contributed by atoms with E-state index in [2.05, 4.69) is 0 Å². The smallest absolute Gasteiger partial charge is 0.187 e. The van der Waals surface area contributed by atoms with Gasteiger partial charge in [-0.3, -0.25) is 0 Å². The first-order valence-corrected chi connectivity index (χ1v) is 10.8. The Hall–Kier alpha value is -0.600. The fourth-order valence-electron chi connectivity index (χ4n) is 4.40. The van der Waals surface area contributed by atoms with Crippen molar-refractivity contribution in [3.8, 4) is 0 Å². The van der Waals surface area contributed by atoms with Crippen molar-refractivity contribution in [2.24, 2.45) is 22.9 Å². The van der Waals surface area contributed by atoms with E-state index in [-0.39, 0.29) is 13.0 Å². The molecular weight excluding hydrogens is 448 g/mol. The Morgan fingerprint density at radius 3 is 1.70 bits per heavy atom. The summed E-state index contributed by atoms with van der Waals surface area (Å²) < 4.78 is 22.2. The third kappa shape index (κ3) is 5.32. The van der Waals surface area contributed by atoms with Crippen LogP contribution in [0.5, 0.6) is 0 Å². The molecule has 3 fully saturated rings. The highest BCUT2D eigenvalue weighted by Crippen LogP contribution is 2.31. The maximum Gasteiger partial charge on any atom is 0.187 e. The van der Waals surface area contributed by atoms with E-state index in [0.717, 1.165) is 0 Å². The molecule has 3 aliphatic rings. The summed E-state index contributed by atoms with van der Waals surface area (Å²) in [4.78, 5) is 0. The molecule has 0 aromatic rings. The zero-order chi connectivity index (χ0) is 24.6. The molecule has 1 aliphatic carbocycles. The van der Waals surface area contributed by atoms with Crippen molar-refractivity contribution in [1.29, 1.82) is 0 Å². The van der Waals surface area contributed by atoms with E-state index >= 15 is 0 Å². The predicted octanol–water partition coefficient (Wildman–Crippen LogP) is -7.29. The zero-order valence-corrected chi connectivity index (χ0v) is 17.9. The van der Waals surface area contributed by atoms with E-state index < -0.39 is 98.4 Å². The number of ether oxygens (including phenoxy) is 4. The Kier molecular flexibility index (Phi) is 8.99. The van der Waals surface area contributed by atoms with Crippen LogP contribution in [-0.2, 0) is 18.9 Å². The van der Waals surface area contributed by atoms with Gasteiger partial charge in [-0.25, -0.2) is 0 Å². The average molecular weight is 485 g/mol. The van der Waals surface area contributed by atoms with Gasteiger partial charge in [0.25, 0.3) is 0 Å². The van der Waals surface area contributed by atoms with Crippen molar-refractivity contribution >= 4 is 0 Å². The van der Waals surface area contributed by atoms with Gasteiger partial charge in [-0.1, -0.05) is 0 Å². The van der Waals surface area contributed by atoms with Gasteiger partial charge in [0.2, 0.25) is 0 Å². The van der Waals surface area contributed by atoms with Crippen molar-refractivity contribution in [3.05, 3.63) is 0 Å². The zero-order valence-electron chi connectivity index (χ0n) is 17.9. The second-order valence-corrected chi connectivity index (χ2v) is 8.79. The maximum absolute atomic E-state index is 10.9. The fraction of sp³-hybridized carbons (Fsp3) is 1.00. The van der Waals surface area contributed by atoms with Gasteiger partial charge in [-0.2, -0.15) is 0 Å². The van der Waals surface area contributed by atoms with Crippen molar-refractivity contribution < 1.29 is 54.7 Å². The largest absolute Gasteiger partial charge is 0.394 e.